The molecule has 12 N–H and O–H groups in total. The number of amidine groups is 1. The van der Waals surface area contributed by atoms with Crippen molar-refractivity contribution in [1.82, 2.24) is 16.0 Å². The Kier molecular flexibility index (Phi) is 17.0. The summed E-state index contributed by atoms with van der Waals surface area (Å²) in [5, 5.41) is 32.8. The molecule has 3 amide bonds. The minimum Gasteiger partial charge on any atom is -0.480 e. The quantitative estimate of drug-likeness (QED) is 0.0522. The van der Waals surface area contributed by atoms with Gasteiger partial charge in [0.05, 0.1) is 0 Å². The van der Waals surface area contributed by atoms with Crippen LogP contribution in [0.4, 0.5) is 13.2 Å². The van der Waals surface area contributed by atoms with E-state index in [2.05, 4.69) is 20.9 Å². The van der Waals surface area contributed by atoms with Gasteiger partial charge in [0.1, 0.15) is 23.8 Å². The van der Waals surface area contributed by atoms with E-state index in [4.69, 9.17) is 32.5 Å². The fourth-order valence-corrected chi connectivity index (χ4v) is 5.41. The van der Waals surface area contributed by atoms with Crippen molar-refractivity contribution < 1.29 is 47.4 Å². The summed E-state index contributed by atoms with van der Waals surface area (Å²) < 4.78 is 31.7. The summed E-state index contributed by atoms with van der Waals surface area (Å²) in [5.74, 6) is -7.36. The summed E-state index contributed by atoms with van der Waals surface area (Å²) in [5.41, 5.74) is 18.3. The molecule has 1 saturated carbocycles. The summed E-state index contributed by atoms with van der Waals surface area (Å²) in [6.45, 7) is 0.414. The van der Waals surface area contributed by atoms with E-state index in [1.165, 1.54) is 0 Å². The molecule has 0 bridgehead atoms. The molecule has 2 aromatic rings. The fourth-order valence-electron chi connectivity index (χ4n) is 5.41. The lowest BCUT2D eigenvalue weighted by molar-refractivity contribution is -0.192. The molecule has 1 aliphatic carbocycles. The third-order valence-corrected chi connectivity index (χ3v) is 8.15. The summed E-state index contributed by atoms with van der Waals surface area (Å²) in [7, 11) is 0. The van der Waals surface area contributed by atoms with Gasteiger partial charge < -0.3 is 43.4 Å². The molecule has 3 rings (SSSR count). The Bertz CT molecular complexity index is 1550. The number of halogens is 3. The van der Waals surface area contributed by atoms with Crippen LogP contribution in [0.15, 0.2) is 59.6 Å². The largest absolute Gasteiger partial charge is 0.490 e. The smallest absolute Gasteiger partial charge is 0.480 e. The Morgan fingerprint density at radius 2 is 1.44 bits per heavy atom. The number of carboxylic acids is 2. The number of alkyl halides is 3. The van der Waals surface area contributed by atoms with E-state index in [9.17, 15) is 37.5 Å². The number of rotatable bonds is 16. The monoisotopic (exact) mass is 734 g/mol. The van der Waals surface area contributed by atoms with Crippen LogP contribution in [0.5, 0.6) is 0 Å². The Morgan fingerprint density at radius 1 is 0.846 bits per heavy atom. The van der Waals surface area contributed by atoms with Gasteiger partial charge in [0, 0.05) is 18.7 Å². The lowest BCUT2D eigenvalue weighted by Crippen LogP contribution is -2.57. The predicted molar refractivity (Wildman–Crippen MR) is 185 cm³/mol. The van der Waals surface area contributed by atoms with Crippen molar-refractivity contribution in [3.05, 3.63) is 71.3 Å². The molecule has 0 saturated heterocycles. The molecule has 0 aromatic heterocycles. The van der Waals surface area contributed by atoms with Gasteiger partial charge in [0.15, 0.2) is 5.96 Å². The zero-order valence-electron chi connectivity index (χ0n) is 28.3. The molecule has 0 aliphatic heterocycles. The van der Waals surface area contributed by atoms with Gasteiger partial charge in [-0.25, -0.2) is 9.59 Å². The van der Waals surface area contributed by atoms with E-state index >= 15 is 0 Å². The highest BCUT2D eigenvalue weighted by molar-refractivity contribution is 6.02. The van der Waals surface area contributed by atoms with E-state index in [0.29, 0.717) is 30.4 Å². The minimum atomic E-state index is -5.08. The van der Waals surface area contributed by atoms with E-state index in [0.717, 1.165) is 24.8 Å². The number of nitrogen functional groups attached to an aromatic ring is 1. The number of carboxylic acid groups (broad SMARTS) is 2. The standard InChI is InChI=1S/C32H44N8O5.C2HF3O2/c33-27(34)23-15-13-20(14-16-23)18-24(28(41)38-19-21-8-3-1-4-9-21)29(42)40-26(22-10-5-2-6-11-22)30(43)39-25(31(44)45)12-7-17-37-32(35)36;3-2(4,5)1(6)7/h1,3-4,8-9,13-16,22,24-26H,2,5-7,10-12,17-19H2,(H3,33,34)(H,38,41)(H,39,43)(H,40,42)(H,44,45)(H4,35,36,37);(H,6,7)/t24-,25?,26-;/m0./s1. The zero-order chi connectivity index (χ0) is 38.8. The molecule has 1 aliphatic rings. The molecule has 1 unspecified atom stereocenters. The normalized spacial score (nSPS) is 14.6. The Balaban J connectivity index is 0.00000121. The lowest BCUT2D eigenvalue weighted by Gasteiger charge is -2.32. The molecule has 3 atom stereocenters. The summed E-state index contributed by atoms with van der Waals surface area (Å²) in [6, 6.07) is 13.7. The molecule has 52 heavy (non-hydrogen) atoms. The van der Waals surface area contributed by atoms with Crippen molar-refractivity contribution in [2.24, 2.45) is 34.0 Å². The van der Waals surface area contributed by atoms with Crippen LogP contribution < -0.4 is 33.2 Å². The highest BCUT2D eigenvalue weighted by Crippen LogP contribution is 2.27. The van der Waals surface area contributed by atoms with Crippen LogP contribution in [0.2, 0.25) is 0 Å². The number of aliphatic imine (C=N–C) groups is 1. The van der Waals surface area contributed by atoms with E-state index in [1.54, 1.807) is 24.3 Å². The van der Waals surface area contributed by atoms with Crippen molar-refractivity contribution in [2.45, 2.75) is 76.2 Å². The topological polar surface area (TPSA) is 276 Å². The summed E-state index contributed by atoms with van der Waals surface area (Å²) >= 11 is 0. The number of nitrogens with two attached hydrogens (primary N) is 3. The van der Waals surface area contributed by atoms with Gasteiger partial charge in [0.2, 0.25) is 17.7 Å². The van der Waals surface area contributed by atoms with Gasteiger partial charge in [0.25, 0.3) is 0 Å². The average molecular weight is 735 g/mol. The SMILES string of the molecule is N=C(N)c1ccc(C[C@@H](C(=O)NCc2ccccc2)C(=O)N[C@H](C(=O)NC(CCCN=C(N)N)C(=O)O)C2CCCCC2)cc1.O=C(O)C(F)(F)F. The van der Waals surface area contributed by atoms with Gasteiger partial charge in [-0.3, -0.25) is 24.8 Å². The van der Waals surface area contributed by atoms with Crippen LogP contribution in [-0.2, 0) is 36.9 Å². The van der Waals surface area contributed by atoms with Crippen molar-refractivity contribution in [3.8, 4) is 0 Å². The number of amides is 3. The first-order chi connectivity index (χ1) is 24.5. The Labute approximate surface area is 298 Å². The second-order valence-electron chi connectivity index (χ2n) is 12.1. The molecule has 18 heteroatoms. The van der Waals surface area contributed by atoms with Crippen LogP contribution in [0.1, 0.15) is 61.6 Å². The first kappa shape index (κ1) is 42.5. The molecule has 0 spiro atoms. The van der Waals surface area contributed by atoms with Crippen LogP contribution in [0, 0.1) is 17.2 Å². The number of guanidine groups is 1. The fraction of sp³-hybridized carbons (Fsp3) is 0.441. The zero-order valence-corrected chi connectivity index (χ0v) is 28.3. The van der Waals surface area contributed by atoms with Crippen molar-refractivity contribution >= 4 is 41.5 Å². The first-order valence-corrected chi connectivity index (χ1v) is 16.4. The van der Waals surface area contributed by atoms with Crippen LogP contribution in [0.25, 0.3) is 0 Å². The molecule has 2 aromatic carbocycles. The molecule has 0 heterocycles. The van der Waals surface area contributed by atoms with Gasteiger partial charge in [-0.2, -0.15) is 13.2 Å². The number of carbonyl (C=O) groups is 5. The first-order valence-electron chi connectivity index (χ1n) is 16.4. The van der Waals surface area contributed by atoms with Crippen LogP contribution in [-0.4, -0.2) is 76.5 Å². The van der Waals surface area contributed by atoms with Gasteiger partial charge in [-0.1, -0.05) is 73.9 Å². The Hall–Kier alpha value is -5.68. The maximum Gasteiger partial charge on any atom is 0.490 e. The predicted octanol–water partition coefficient (Wildman–Crippen LogP) is 1.77. The summed E-state index contributed by atoms with van der Waals surface area (Å²) in [6.07, 6.45) is -0.542. The lowest BCUT2D eigenvalue weighted by atomic mass is 9.83. The molecule has 284 valence electrons. The molecule has 15 nitrogen and oxygen atoms in total. The van der Waals surface area contributed by atoms with Gasteiger partial charge >= 0.3 is 18.1 Å². The highest BCUT2D eigenvalue weighted by atomic mass is 19.4. The number of hydrogen-bond acceptors (Lipinski definition) is 7. The van der Waals surface area contributed by atoms with Crippen LogP contribution >= 0.6 is 0 Å². The number of hydrogen-bond donors (Lipinski definition) is 9. The molecule has 1 fully saturated rings. The molecular formula is C34H45F3N8O7. The maximum absolute atomic E-state index is 13.9. The van der Waals surface area contributed by atoms with Crippen LogP contribution in [0.3, 0.4) is 0 Å². The van der Waals surface area contributed by atoms with Gasteiger partial charge in [-0.05, 0) is 49.1 Å². The third kappa shape index (κ3) is 15.1. The van der Waals surface area contributed by atoms with E-state index in [-0.39, 0.29) is 43.6 Å². The summed E-state index contributed by atoms with van der Waals surface area (Å²) in [4.78, 5) is 65.7. The maximum atomic E-state index is 13.9. The van der Waals surface area contributed by atoms with Crippen molar-refractivity contribution in [3.63, 3.8) is 0 Å². The number of nitrogens with zero attached hydrogens (tertiary/aromatic N) is 1. The van der Waals surface area contributed by atoms with E-state index in [1.807, 2.05) is 30.3 Å². The molecule has 0 radical (unpaired) electrons. The number of carbonyl (C=O) groups excluding carboxylic acids is 3. The Morgan fingerprint density at radius 3 is 1.96 bits per heavy atom. The average Bonchev–Trinajstić information content (AvgIpc) is 3.10. The highest BCUT2D eigenvalue weighted by Gasteiger charge is 2.38. The second kappa shape index (κ2) is 20.9. The number of aliphatic carboxylic acids is 2. The van der Waals surface area contributed by atoms with Crippen molar-refractivity contribution in [1.29, 1.82) is 5.41 Å². The van der Waals surface area contributed by atoms with E-state index < -0.39 is 53.8 Å². The third-order valence-electron chi connectivity index (χ3n) is 8.15. The van der Waals surface area contributed by atoms with Crippen molar-refractivity contribution in [2.75, 3.05) is 6.54 Å². The number of benzene rings is 2. The minimum absolute atomic E-state index is 0.0339. The van der Waals surface area contributed by atoms with Gasteiger partial charge in [-0.15, -0.1) is 0 Å². The number of nitrogens with one attached hydrogen (secondary N) is 4. The second-order valence-corrected chi connectivity index (χ2v) is 12.1. The molecular weight excluding hydrogens is 689 g/mol.